The monoisotopic (exact) mass is 572 g/mol. The van der Waals surface area contributed by atoms with E-state index in [1.54, 1.807) is 43.3 Å². The smallest absolute Gasteiger partial charge is 0.394 e. The van der Waals surface area contributed by atoms with Crippen molar-refractivity contribution in [3.8, 4) is 0 Å². The maximum atomic E-state index is 13.6. The van der Waals surface area contributed by atoms with E-state index < -0.39 is 40.1 Å². The Morgan fingerprint density at radius 1 is 1.05 bits per heavy atom. The van der Waals surface area contributed by atoms with Crippen LogP contribution in [0.3, 0.4) is 0 Å². The van der Waals surface area contributed by atoms with Crippen molar-refractivity contribution in [3.63, 3.8) is 0 Å². The summed E-state index contributed by atoms with van der Waals surface area (Å²) >= 11 is 0. The number of alkyl halides is 3. The molecule has 40 heavy (non-hydrogen) atoms. The van der Waals surface area contributed by atoms with E-state index in [2.05, 4.69) is 5.32 Å². The standard InChI is InChI=1S/C30H31F3N2O4S/c1-4-40(38,39)24-12-9-19(10-13-24)27(18-36)34-29(37)21-11-14-25-22(16-21)17-23(28(25)35(2)3)15-20-7-5-6-8-26(20)30(31,32)33/h5-14,16-17,27-28,36H,4,15,18H2,1-3H3,(H,34,37). The molecular formula is C30H31F3N2O4S. The fourth-order valence-electron chi connectivity index (χ4n) is 5.05. The highest BCUT2D eigenvalue weighted by molar-refractivity contribution is 7.91. The summed E-state index contributed by atoms with van der Waals surface area (Å²) in [5.74, 6) is -0.484. The summed E-state index contributed by atoms with van der Waals surface area (Å²) in [7, 11) is 0.329. The first-order valence-electron chi connectivity index (χ1n) is 12.8. The molecule has 0 aromatic heterocycles. The van der Waals surface area contributed by atoms with E-state index in [-0.39, 0.29) is 28.7 Å². The van der Waals surface area contributed by atoms with Gasteiger partial charge in [-0.2, -0.15) is 13.2 Å². The summed E-state index contributed by atoms with van der Waals surface area (Å²) in [4.78, 5) is 15.2. The number of benzene rings is 3. The van der Waals surface area contributed by atoms with Gasteiger partial charge in [-0.1, -0.05) is 49.4 Å². The summed E-state index contributed by atoms with van der Waals surface area (Å²) in [6.45, 7) is 1.15. The van der Waals surface area contributed by atoms with Crippen LogP contribution in [0.25, 0.3) is 6.08 Å². The molecule has 1 amide bonds. The zero-order chi connectivity index (χ0) is 29.2. The van der Waals surface area contributed by atoms with Crippen LogP contribution in [0.1, 0.15) is 57.2 Å². The fourth-order valence-corrected chi connectivity index (χ4v) is 5.93. The molecule has 0 fully saturated rings. The van der Waals surface area contributed by atoms with Gasteiger partial charge < -0.3 is 10.4 Å². The molecule has 0 aliphatic heterocycles. The van der Waals surface area contributed by atoms with Gasteiger partial charge in [0.05, 0.1) is 34.9 Å². The summed E-state index contributed by atoms with van der Waals surface area (Å²) in [5.41, 5.74) is 2.79. The molecule has 0 radical (unpaired) electrons. The number of hydrogen-bond donors (Lipinski definition) is 2. The van der Waals surface area contributed by atoms with Gasteiger partial charge in [0, 0.05) is 5.56 Å². The third kappa shape index (κ3) is 6.14. The molecule has 2 unspecified atom stereocenters. The second-order valence-corrected chi connectivity index (χ2v) is 12.2. The fraction of sp³-hybridized carbons (Fsp3) is 0.300. The first-order valence-corrected chi connectivity index (χ1v) is 14.4. The first kappa shape index (κ1) is 29.5. The number of halogens is 3. The van der Waals surface area contributed by atoms with E-state index in [1.807, 2.05) is 25.1 Å². The van der Waals surface area contributed by atoms with Gasteiger partial charge in [0.1, 0.15) is 0 Å². The molecule has 1 aliphatic rings. The highest BCUT2D eigenvalue weighted by Crippen LogP contribution is 2.41. The number of likely N-dealkylation sites (N-methyl/N-ethyl adjacent to an activating group) is 1. The van der Waals surface area contributed by atoms with E-state index in [9.17, 15) is 31.5 Å². The average Bonchev–Trinajstić information content (AvgIpc) is 3.28. The predicted molar refractivity (Wildman–Crippen MR) is 147 cm³/mol. The van der Waals surface area contributed by atoms with E-state index in [1.165, 1.54) is 24.3 Å². The molecule has 0 saturated carbocycles. The Kier molecular flexibility index (Phi) is 8.53. The van der Waals surface area contributed by atoms with Gasteiger partial charge in [-0.3, -0.25) is 9.69 Å². The van der Waals surface area contributed by atoms with E-state index >= 15 is 0 Å². The Balaban J connectivity index is 1.58. The Morgan fingerprint density at radius 3 is 2.33 bits per heavy atom. The van der Waals surface area contributed by atoms with Crippen LogP contribution in [0.2, 0.25) is 0 Å². The molecule has 0 heterocycles. The van der Waals surface area contributed by atoms with Crippen LogP contribution in [0.15, 0.2) is 77.2 Å². The van der Waals surface area contributed by atoms with Crippen LogP contribution in [-0.4, -0.2) is 50.8 Å². The summed E-state index contributed by atoms with van der Waals surface area (Å²) in [6, 6.07) is 15.7. The lowest BCUT2D eigenvalue weighted by Crippen LogP contribution is -2.31. The van der Waals surface area contributed by atoms with Gasteiger partial charge in [0.15, 0.2) is 9.84 Å². The van der Waals surface area contributed by atoms with Crippen molar-refractivity contribution in [2.24, 2.45) is 0 Å². The molecule has 6 nitrogen and oxygen atoms in total. The van der Waals surface area contributed by atoms with Crippen LogP contribution in [0, 0.1) is 0 Å². The van der Waals surface area contributed by atoms with Crippen molar-refractivity contribution in [2.45, 2.75) is 36.5 Å². The number of aliphatic hydroxyl groups is 1. The maximum absolute atomic E-state index is 13.6. The molecule has 3 aromatic carbocycles. The van der Waals surface area contributed by atoms with E-state index in [0.717, 1.165) is 22.8 Å². The van der Waals surface area contributed by atoms with Crippen LogP contribution < -0.4 is 5.32 Å². The molecule has 2 N–H and O–H groups in total. The molecule has 0 bridgehead atoms. The van der Waals surface area contributed by atoms with Gasteiger partial charge in [-0.25, -0.2) is 8.42 Å². The zero-order valence-corrected chi connectivity index (χ0v) is 23.2. The molecule has 212 valence electrons. The van der Waals surface area contributed by atoms with Crippen molar-refractivity contribution in [2.75, 3.05) is 26.5 Å². The highest BCUT2D eigenvalue weighted by Gasteiger charge is 2.35. The number of nitrogens with one attached hydrogen (secondary N) is 1. The molecule has 3 aromatic rings. The quantitative estimate of drug-likeness (QED) is 0.368. The van der Waals surface area contributed by atoms with Crippen LogP contribution in [0.4, 0.5) is 13.2 Å². The second-order valence-electron chi connectivity index (χ2n) is 9.94. The Labute approximate surface area is 232 Å². The molecule has 1 aliphatic carbocycles. The SMILES string of the molecule is CCS(=O)(=O)c1ccc(C(CO)NC(=O)c2ccc3c(c2)C=C(Cc2ccccc2C(F)(F)F)C3N(C)C)cc1. The number of hydrogen-bond acceptors (Lipinski definition) is 5. The lowest BCUT2D eigenvalue weighted by Gasteiger charge is -2.25. The number of carbonyl (C=O) groups excluding carboxylic acids is 1. The lowest BCUT2D eigenvalue weighted by atomic mass is 9.94. The number of aliphatic hydroxyl groups excluding tert-OH is 1. The van der Waals surface area contributed by atoms with Crippen molar-refractivity contribution in [3.05, 3.63) is 106 Å². The summed E-state index contributed by atoms with van der Waals surface area (Å²) in [5, 5.41) is 12.7. The van der Waals surface area contributed by atoms with Crippen molar-refractivity contribution in [1.82, 2.24) is 10.2 Å². The summed E-state index contributed by atoms with van der Waals surface area (Å²) < 4.78 is 65.0. The minimum absolute atomic E-state index is 0.0372. The number of rotatable bonds is 9. The number of sulfone groups is 1. The van der Waals surface area contributed by atoms with E-state index in [0.29, 0.717) is 11.1 Å². The zero-order valence-electron chi connectivity index (χ0n) is 22.4. The Morgan fingerprint density at radius 2 is 1.73 bits per heavy atom. The Bertz CT molecular complexity index is 1530. The minimum Gasteiger partial charge on any atom is -0.394 e. The topological polar surface area (TPSA) is 86.7 Å². The number of carbonyl (C=O) groups is 1. The number of fused-ring (bicyclic) bond motifs is 1. The van der Waals surface area contributed by atoms with Crippen molar-refractivity contribution >= 4 is 21.8 Å². The first-order chi connectivity index (χ1) is 18.9. The van der Waals surface area contributed by atoms with Crippen molar-refractivity contribution in [1.29, 1.82) is 0 Å². The van der Waals surface area contributed by atoms with Gasteiger partial charge in [0.2, 0.25) is 0 Å². The van der Waals surface area contributed by atoms with Crippen LogP contribution in [-0.2, 0) is 22.4 Å². The van der Waals surface area contributed by atoms with Crippen LogP contribution in [0.5, 0.6) is 0 Å². The van der Waals surface area contributed by atoms with Crippen LogP contribution >= 0.6 is 0 Å². The third-order valence-corrected chi connectivity index (χ3v) is 8.83. The van der Waals surface area contributed by atoms with Gasteiger partial charge in [-0.05, 0) is 78.7 Å². The predicted octanol–water partition coefficient (Wildman–Crippen LogP) is 5.20. The highest BCUT2D eigenvalue weighted by atomic mass is 32.2. The third-order valence-electron chi connectivity index (χ3n) is 7.08. The average molecular weight is 573 g/mol. The number of nitrogens with zero attached hydrogens (tertiary/aromatic N) is 1. The van der Waals surface area contributed by atoms with Gasteiger partial charge in [0.25, 0.3) is 5.91 Å². The minimum atomic E-state index is -4.46. The normalized spacial score (nSPS) is 16.0. The molecule has 0 spiro atoms. The largest absolute Gasteiger partial charge is 0.416 e. The molecule has 4 rings (SSSR count). The van der Waals surface area contributed by atoms with Gasteiger partial charge in [-0.15, -0.1) is 0 Å². The molecular weight excluding hydrogens is 541 g/mol. The maximum Gasteiger partial charge on any atom is 0.416 e. The summed E-state index contributed by atoms with van der Waals surface area (Å²) in [6.07, 6.45) is -2.53. The van der Waals surface area contributed by atoms with Gasteiger partial charge >= 0.3 is 6.18 Å². The van der Waals surface area contributed by atoms with E-state index in [4.69, 9.17) is 0 Å². The molecule has 0 saturated heterocycles. The second kappa shape index (κ2) is 11.6. The lowest BCUT2D eigenvalue weighted by molar-refractivity contribution is -0.138. The number of amides is 1. The molecule has 2 atom stereocenters. The van der Waals surface area contributed by atoms with Crippen molar-refractivity contribution < 1.29 is 31.5 Å². The Hall–Kier alpha value is -3.47. The molecule has 10 heteroatoms.